The van der Waals surface area contributed by atoms with Crippen LogP contribution in [0.4, 0.5) is 0 Å². The number of aromatic carboxylic acids is 1. The standard InChI is InChI=1S/C11H9N3O4/c15-10(16)5-9-6-12-13-14(9)8-3-1-2-7(4-8)11(17)18/h1-4,6H,5H2,(H,15,16)(H,17,18). The molecule has 1 heterocycles. The molecule has 0 radical (unpaired) electrons. The SMILES string of the molecule is O=C(O)Cc1cnnn1-c1cccc(C(=O)O)c1. The van der Waals surface area contributed by atoms with Gasteiger partial charge in [-0.05, 0) is 18.2 Å². The Balaban J connectivity index is 2.42. The van der Waals surface area contributed by atoms with Gasteiger partial charge in [0.15, 0.2) is 0 Å². The van der Waals surface area contributed by atoms with E-state index in [0.29, 0.717) is 11.4 Å². The molecule has 0 saturated heterocycles. The maximum absolute atomic E-state index is 10.8. The number of carboxylic acid groups (broad SMARTS) is 2. The Bertz CT molecular complexity index is 606. The zero-order valence-corrected chi connectivity index (χ0v) is 9.15. The number of nitrogens with zero attached hydrogens (tertiary/aromatic N) is 3. The molecule has 7 heteroatoms. The number of hydrogen-bond donors (Lipinski definition) is 2. The first kappa shape index (κ1) is 11.8. The number of benzene rings is 1. The van der Waals surface area contributed by atoms with E-state index in [1.54, 1.807) is 12.1 Å². The summed E-state index contributed by atoms with van der Waals surface area (Å²) in [5.74, 6) is -2.07. The van der Waals surface area contributed by atoms with E-state index in [2.05, 4.69) is 10.3 Å². The number of hydrogen-bond acceptors (Lipinski definition) is 4. The summed E-state index contributed by atoms with van der Waals surface area (Å²) in [6.07, 6.45) is 1.10. The van der Waals surface area contributed by atoms with Crippen LogP contribution in [-0.4, -0.2) is 37.1 Å². The lowest BCUT2D eigenvalue weighted by Gasteiger charge is -2.05. The third-order valence-corrected chi connectivity index (χ3v) is 2.29. The molecular formula is C11H9N3O4. The van der Waals surface area contributed by atoms with E-state index in [4.69, 9.17) is 10.2 Å². The summed E-state index contributed by atoms with van der Waals surface area (Å²) in [5.41, 5.74) is 0.943. The van der Waals surface area contributed by atoms with Crippen molar-refractivity contribution >= 4 is 11.9 Å². The number of aromatic nitrogens is 3. The van der Waals surface area contributed by atoms with Crippen molar-refractivity contribution in [2.75, 3.05) is 0 Å². The van der Waals surface area contributed by atoms with Gasteiger partial charge in [0.1, 0.15) is 0 Å². The summed E-state index contributed by atoms with van der Waals surface area (Å²) in [7, 11) is 0. The van der Waals surface area contributed by atoms with Crippen LogP contribution in [0.2, 0.25) is 0 Å². The number of aliphatic carboxylic acids is 1. The molecule has 0 atom stereocenters. The minimum absolute atomic E-state index is 0.101. The Morgan fingerprint density at radius 2 is 2.06 bits per heavy atom. The summed E-state index contributed by atoms with van der Waals surface area (Å²) in [6.45, 7) is 0. The first-order chi connectivity index (χ1) is 8.58. The van der Waals surface area contributed by atoms with Crippen LogP contribution in [0.25, 0.3) is 5.69 Å². The van der Waals surface area contributed by atoms with Crippen LogP contribution < -0.4 is 0 Å². The predicted octanol–water partition coefficient (Wildman–Crippen LogP) is 0.593. The molecule has 92 valence electrons. The predicted molar refractivity (Wildman–Crippen MR) is 59.7 cm³/mol. The molecule has 2 aromatic rings. The second-order valence-electron chi connectivity index (χ2n) is 3.56. The first-order valence-corrected chi connectivity index (χ1v) is 5.03. The second-order valence-corrected chi connectivity index (χ2v) is 3.56. The van der Waals surface area contributed by atoms with Crippen molar-refractivity contribution in [3.63, 3.8) is 0 Å². The van der Waals surface area contributed by atoms with Gasteiger partial charge in [0, 0.05) is 0 Å². The van der Waals surface area contributed by atoms with E-state index in [0.717, 1.165) is 0 Å². The van der Waals surface area contributed by atoms with Crippen molar-refractivity contribution in [2.45, 2.75) is 6.42 Å². The molecule has 0 fully saturated rings. The molecule has 0 aliphatic heterocycles. The molecular weight excluding hydrogens is 238 g/mol. The first-order valence-electron chi connectivity index (χ1n) is 5.03. The van der Waals surface area contributed by atoms with Crippen LogP contribution in [-0.2, 0) is 11.2 Å². The highest BCUT2D eigenvalue weighted by Gasteiger charge is 2.11. The highest BCUT2D eigenvalue weighted by Crippen LogP contribution is 2.12. The molecule has 2 N–H and O–H groups in total. The summed E-state index contributed by atoms with van der Waals surface area (Å²) >= 11 is 0. The van der Waals surface area contributed by atoms with Gasteiger partial charge in [0.05, 0.1) is 29.6 Å². The van der Waals surface area contributed by atoms with Crippen LogP contribution in [0.1, 0.15) is 16.1 Å². The van der Waals surface area contributed by atoms with Crippen molar-refractivity contribution in [3.8, 4) is 5.69 Å². The highest BCUT2D eigenvalue weighted by molar-refractivity contribution is 5.88. The van der Waals surface area contributed by atoms with Crippen molar-refractivity contribution in [1.82, 2.24) is 15.0 Å². The van der Waals surface area contributed by atoms with Gasteiger partial charge in [-0.2, -0.15) is 0 Å². The van der Waals surface area contributed by atoms with E-state index in [1.165, 1.54) is 23.0 Å². The van der Waals surface area contributed by atoms with E-state index < -0.39 is 11.9 Å². The van der Waals surface area contributed by atoms with E-state index in [9.17, 15) is 9.59 Å². The Kier molecular flexibility index (Phi) is 3.05. The summed E-state index contributed by atoms with van der Waals surface area (Å²) < 4.78 is 1.31. The van der Waals surface area contributed by atoms with E-state index >= 15 is 0 Å². The maximum atomic E-state index is 10.8. The van der Waals surface area contributed by atoms with Crippen LogP contribution >= 0.6 is 0 Å². The van der Waals surface area contributed by atoms with Crippen LogP contribution in [0.3, 0.4) is 0 Å². The lowest BCUT2D eigenvalue weighted by Crippen LogP contribution is -2.08. The van der Waals surface area contributed by atoms with E-state index in [-0.39, 0.29) is 12.0 Å². The van der Waals surface area contributed by atoms with Crippen molar-refractivity contribution in [1.29, 1.82) is 0 Å². The van der Waals surface area contributed by atoms with Crippen LogP contribution in [0.5, 0.6) is 0 Å². The lowest BCUT2D eigenvalue weighted by atomic mass is 10.2. The summed E-state index contributed by atoms with van der Waals surface area (Å²) in [6, 6.07) is 6.04. The summed E-state index contributed by atoms with van der Waals surface area (Å²) in [5, 5.41) is 25.0. The lowest BCUT2D eigenvalue weighted by molar-refractivity contribution is -0.136. The van der Waals surface area contributed by atoms with Gasteiger partial charge in [0.2, 0.25) is 0 Å². The average Bonchev–Trinajstić information content (AvgIpc) is 2.76. The third kappa shape index (κ3) is 2.34. The molecule has 18 heavy (non-hydrogen) atoms. The Hall–Kier alpha value is -2.70. The molecule has 1 aromatic heterocycles. The monoisotopic (exact) mass is 247 g/mol. The Labute approximate surface area is 101 Å². The van der Waals surface area contributed by atoms with Gasteiger partial charge in [-0.25, -0.2) is 9.48 Å². The molecule has 7 nitrogen and oxygen atoms in total. The van der Waals surface area contributed by atoms with E-state index in [1.807, 2.05) is 0 Å². The quantitative estimate of drug-likeness (QED) is 0.819. The average molecular weight is 247 g/mol. The van der Waals surface area contributed by atoms with Gasteiger partial charge >= 0.3 is 11.9 Å². The molecule has 0 amide bonds. The number of carbonyl (C=O) groups is 2. The van der Waals surface area contributed by atoms with Crippen molar-refractivity contribution in [2.24, 2.45) is 0 Å². The highest BCUT2D eigenvalue weighted by atomic mass is 16.4. The fraction of sp³-hybridized carbons (Fsp3) is 0.0909. The zero-order valence-electron chi connectivity index (χ0n) is 9.15. The van der Waals surface area contributed by atoms with Gasteiger partial charge in [-0.1, -0.05) is 11.3 Å². The van der Waals surface area contributed by atoms with Crippen molar-refractivity contribution < 1.29 is 19.8 Å². The molecule has 1 aromatic carbocycles. The minimum Gasteiger partial charge on any atom is -0.481 e. The molecule has 0 aliphatic carbocycles. The molecule has 0 unspecified atom stereocenters. The zero-order chi connectivity index (χ0) is 13.1. The normalized spacial score (nSPS) is 10.2. The fourth-order valence-electron chi connectivity index (χ4n) is 1.52. The fourth-order valence-corrected chi connectivity index (χ4v) is 1.52. The number of carboxylic acids is 2. The molecule has 0 aliphatic rings. The number of rotatable bonds is 4. The second kappa shape index (κ2) is 4.66. The van der Waals surface area contributed by atoms with Gasteiger partial charge in [-0.3, -0.25) is 4.79 Å². The van der Waals surface area contributed by atoms with Crippen LogP contribution in [0, 0.1) is 0 Å². The topological polar surface area (TPSA) is 105 Å². The van der Waals surface area contributed by atoms with Gasteiger partial charge in [0.25, 0.3) is 0 Å². The minimum atomic E-state index is -1.06. The summed E-state index contributed by atoms with van der Waals surface area (Å²) in [4.78, 5) is 21.5. The van der Waals surface area contributed by atoms with Crippen molar-refractivity contribution in [3.05, 3.63) is 41.7 Å². The molecule has 0 saturated carbocycles. The Morgan fingerprint density at radius 1 is 1.28 bits per heavy atom. The van der Waals surface area contributed by atoms with Crippen LogP contribution in [0.15, 0.2) is 30.5 Å². The Morgan fingerprint density at radius 3 is 2.72 bits per heavy atom. The van der Waals surface area contributed by atoms with Gasteiger partial charge < -0.3 is 10.2 Å². The largest absolute Gasteiger partial charge is 0.481 e. The van der Waals surface area contributed by atoms with Gasteiger partial charge in [-0.15, -0.1) is 5.10 Å². The molecule has 0 spiro atoms. The third-order valence-electron chi connectivity index (χ3n) is 2.29. The maximum Gasteiger partial charge on any atom is 0.335 e. The molecule has 2 rings (SSSR count). The smallest absolute Gasteiger partial charge is 0.335 e. The molecule has 0 bridgehead atoms.